The van der Waals surface area contributed by atoms with E-state index in [0.29, 0.717) is 10.7 Å². The number of benzene rings is 2. The number of rotatable bonds is 4. The summed E-state index contributed by atoms with van der Waals surface area (Å²) in [7, 11) is 1.45. The third-order valence-electron chi connectivity index (χ3n) is 6.71. The van der Waals surface area contributed by atoms with Crippen LogP contribution in [0.4, 0.5) is 5.00 Å². The molecular weight excluding hydrogens is 450 g/mol. The molecule has 33 heavy (non-hydrogen) atoms. The van der Waals surface area contributed by atoms with Crippen LogP contribution >= 0.6 is 23.6 Å². The Labute approximate surface area is 204 Å². The number of anilines is 1. The van der Waals surface area contributed by atoms with Crippen molar-refractivity contribution in [3.63, 3.8) is 0 Å². The second-order valence-electron chi connectivity index (χ2n) is 8.74. The third kappa shape index (κ3) is 4.63. The maximum atomic E-state index is 12.5. The standard InChI is InChI=1S/C26H29N3O2S2/c1-31-25(30)23-21-11-4-5-12-22(21)33-24(23)27-26(32)29-15-13-28(14-16-29)17-19-9-6-8-18-7-2-3-10-20(18)19/h2-3,6-10H,4-5,11-17H2,1H3,(H,27,32). The third-order valence-corrected chi connectivity index (χ3v) is 8.28. The molecule has 0 saturated carbocycles. The minimum Gasteiger partial charge on any atom is -0.465 e. The molecule has 1 aliphatic heterocycles. The molecular formula is C26H29N3O2S2. The summed E-state index contributed by atoms with van der Waals surface area (Å²) < 4.78 is 5.09. The van der Waals surface area contributed by atoms with Gasteiger partial charge < -0.3 is 15.0 Å². The van der Waals surface area contributed by atoms with Crippen LogP contribution in [0.5, 0.6) is 0 Å². The Hall–Kier alpha value is -2.48. The number of nitrogens with zero attached hydrogens (tertiary/aromatic N) is 2. The molecule has 2 aliphatic rings. The molecule has 172 valence electrons. The second kappa shape index (κ2) is 9.79. The average Bonchev–Trinajstić information content (AvgIpc) is 3.22. The number of hydrogen-bond acceptors (Lipinski definition) is 5. The first-order valence-electron chi connectivity index (χ1n) is 11.6. The van der Waals surface area contributed by atoms with Crippen molar-refractivity contribution in [3.05, 3.63) is 64.0 Å². The van der Waals surface area contributed by atoms with E-state index < -0.39 is 0 Å². The number of methoxy groups -OCH3 is 1. The topological polar surface area (TPSA) is 44.8 Å². The zero-order valence-electron chi connectivity index (χ0n) is 18.9. The number of piperazine rings is 1. The van der Waals surface area contributed by atoms with Gasteiger partial charge in [0.2, 0.25) is 0 Å². The molecule has 0 spiro atoms. The molecule has 1 aliphatic carbocycles. The van der Waals surface area contributed by atoms with Gasteiger partial charge in [-0.2, -0.15) is 0 Å². The summed E-state index contributed by atoms with van der Waals surface area (Å²) in [6.07, 6.45) is 4.27. The van der Waals surface area contributed by atoms with Crippen molar-refractivity contribution in [2.45, 2.75) is 32.2 Å². The van der Waals surface area contributed by atoms with Gasteiger partial charge in [-0.3, -0.25) is 4.90 Å². The van der Waals surface area contributed by atoms with E-state index in [1.54, 1.807) is 11.3 Å². The molecule has 1 saturated heterocycles. The van der Waals surface area contributed by atoms with Crippen LogP contribution in [0.15, 0.2) is 42.5 Å². The highest BCUT2D eigenvalue weighted by Crippen LogP contribution is 2.38. The van der Waals surface area contributed by atoms with Gasteiger partial charge >= 0.3 is 5.97 Å². The number of nitrogens with one attached hydrogen (secondary N) is 1. The molecule has 0 unspecified atom stereocenters. The molecule has 2 aromatic carbocycles. The van der Waals surface area contributed by atoms with Crippen LogP contribution in [-0.4, -0.2) is 54.2 Å². The van der Waals surface area contributed by atoms with Crippen molar-refractivity contribution >= 4 is 50.4 Å². The van der Waals surface area contributed by atoms with Crippen molar-refractivity contribution in [2.24, 2.45) is 0 Å². The largest absolute Gasteiger partial charge is 0.465 e. The lowest BCUT2D eigenvalue weighted by Crippen LogP contribution is -2.49. The van der Waals surface area contributed by atoms with Gasteiger partial charge in [-0.1, -0.05) is 42.5 Å². The Morgan fingerprint density at radius 2 is 1.82 bits per heavy atom. The summed E-state index contributed by atoms with van der Waals surface area (Å²) in [6.45, 7) is 4.59. The lowest BCUT2D eigenvalue weighted by Gasteiger charge is -2.36. The highest BCUT2D eigenvalue weighted by atomic mass is 32.1. The fraction of sp³-hybridized carbons (Fsp3) is 0.385. The molecule has 0 bridgehead atoms. The first kappa shape index (κ1) is 22.3. The summed E-state index contributed by atoms with van der Waals surface area (Å²) in [5, 5.41) is 7.56. The number of carbonyl (C=O) groups excluding carboxylic acids is 1. The molecule has 1 aromatic heterocycles. The van der Waals surface area contributed by atoms with E-state index in [-0.39, 0.29) is 5.97 Å². The zero-order valence-corrected chi connectivity index (χ0v) is 20.6. The van der Waals surface area contributed by atoms with Gasteiger partial charge in [-0.15, -0.1) is 11.3 Å². The monoisotopic (exact) mass is 479 g/mol. The Bertz CT molecular complexity index is 1180. The van der Waals surface area contributed by atoms with E-state index in [1.807, 2.05) is 0 Å². The molecule has 1 N–H and O–H groups in total. The quantitative estimate of drug-likeness (QED) is 0.416. The number of aryl methyl sites for hydroxylation is 1. The summed E-state index contributed by atoms with van der Waals surface area (Å²) >= 11 is 7.43. The maximum absolute atomic E-state index is 12.5. The van der Waals surface area contributed by atoms with Crippen molar-refractivity contribution in [1.82, 2.24) is 9.80 Å². The van der Waals surface area contributed by atoms with Crippen molar-refractivity contribution in [1.29, 1.82) is 0 Å². The molecule has 0 radical (unpaired) electrons. The van der Waals surface area contributed by atoms with Gasteiger partial charge in [0.05, 0.1) is 12.7 Å². The fourth-order valence-corrected chi connectivity index (χ4v) is 6.55. The summed E-state index contributed by atoms with van der Waals surface area (Å²) in [5.41, 5.74) is 3.21. The maximum Gasteiger partial charge on any atom is 0.341 e. The number of hydrogen-bond donors (Lipinski definition) is 1. The van der Waals surface area contributed by atoms with E-state index in [9.17, 15) is 4.79 Å². The second-order valence-corrected chi connectivity index (χ2v) is 10.2. The summed E-state index contributed by atoms with van der Waals surface area (Å²) in [4.78, 5) is 18.5. The molecule has 2 heterocycles. The SMILES string of the molecule is COC(=O)c1c(NC(=S)N2CCN(Cc3cccc4ccccc34)CC2)sc2c1CCCC2. The van der Waals surface area contributed by atoms with Crippen LogP contribution in [0.1, 0.15) is 39.2 Å². The Morgan fingerprint density at radius 3 is 2.64 bits per heavy atom. The molecule has 0 atom stereocenters. The first-order valence-corrected chi connectivity index (χ1v) is 12.8. The fourth-order valence-electron chi connectivity index (χ4n) is 4.93. The van der Waals surface area contributed by atoms with Gasteiger partial charge in [0, 0.05) is 37.6 Å². The Morgan fingerprint density at radius 1 is 1.06 bits per heavy atom. The van der Waals surface area contributed by atoms with E-state index in [2.05, 4.69) is 57.6 Å². The predicted molar refractivity (Wildman–Crippen MR) is 139 cm³/mol. The van der Waals surface area contributed by atoms with E-state index >= 15 is 0 Å². The van der Waals surface area contributed by atoms with Crippen LogP contribution in [0.3, 0.4) is 0 Å². The highest BCUT2D eigenvalue weighted by molar-refractivity contribution is 7.80. The van der Waals surface area contributed by atoms with E-state index in [4.69, 9.17) is 17.0 Å². The van der Waals surface area contributed by atoms with Crippen LogP contribution in [-0.2, 0) is 24.1 Å². The number of esters is 1. The molecule has 7 heteroatoms. The predicted octanol–water partition coefficient (Wildman–Crippen LogP) is 5.08. The van der Waals surface area contributed by atoms with Crippen LogP contribution < -0.4 is 5.32 Å². The molecule has 0 amide bonds. The summed E-state index contributed by atoms with van der Waals surface area (Å²) in [6, 6.07) is 15.1. The first-order chi connectivity index (χ1) is 16.1. The van der Waals surface area contributed by atoms with E-state index in [0.717, 1.165) is 62.6 Å². The van der Waals surface area contributed by atoms with Crippen LogP contribution in [0.25, 0.3) is 10.8 Å². The normalized spacial score (nSPS) is 16.5. The number of thiophene rings is 1. The minimum atomic E-state index is -0.264. The highest BCUT2D eigenvalue weighted by Gasteiger charge is 2.28. The van der Waals surface area contributed by atoms with Crippen molar-refractivity contribution < 1.29 is 9.53 Å². The number of thiocarbonyl (C=S) groups is 1. The van der Waals surface area contributed by atoms with Crippen molar-refractivity contribution in [3.8, 4) is 0 Å². The van der Waals surface area contributed by atoms with Gasteiger partial charge in [-0.25, -0.2) is 4.79 Å². The molecule has 1 fully saturated rings. The minimum absolute atomic E-state index is 0.264. The lowest BCUT2D eigenvalue weighted by molar-refractivity contribution is 0.0601. The molecule has 5 nitrogen and oxygen atoms in total. The van der Waals surface area contributed by atoms with Crippen molar-refractivity contribution in [2.75, 3.05) is 38.6 Å². The van der Waals surface area contributed by atoms with E-state index in [1.165, 1.54) is 34.7 Å². The van der Waals surface area contributed by atoms with Gasteiger partial charge in [0.1, 0.15) is 5.00 Å². The molecule has 3 aromatic rings. The van der Waals surface area contributed by atoms with Crippen LogP contribution in [0.2, 0.25) is 0 Å². The number of ether oxygens (including phenoxy) is 1. The van der Waals surface area contributed by atoms with Gasteiger partial charge in [0.15, 0.2) is 5.11 Å². The number of carbonyl (C=O) groups is 1. The summed E-state index contributed by atoms with van der Waals surface area (Å²) in [5.74, 6) is -0.264. The lowest BCUT2D eigenvalue weighted by atomic mass is 9.95. The number of fused-ring (bicyclic) bond motifs is 2. The van der Waals surface area contributed by atoms with Crippen LogP contribution in [0, 0.1) is 0 Å². The van der Waals surface area contributed by atoms with Gasteiger partial charge in [-0.05, 0) is 59.8 Å². The Kier molecular flexibility index (Phi) is 6.62. The molecule has 5 rings (SSSR count). The average molecular weight is 480 g/mol. The van der Waals surface area contributed by atoms with Gasteiger partial charge in [0.25, 0.3) is 0 Å². The smallest absolute Gasteiger partial charge is 0.341 e. The zero-order chi connectivity index (χ0) is 22.8. The Balaban J connectivity index is 1.23.